The van der Waals surface area contributed by atoms with Crippen molar-refractivity contribution in [2.45, 2.75) is 118 Å². The fourth-order valence-electron chi connectivity index (χ4n) is 7.33. The summed E-state index contributed by atoms with van der Waals surface area (Å²) >= 11 is 26.8. The summed E-state index contributed by atoms with van der Waals surface area (Å²) < 4.78 is 392. The number of nitrogen functional groups attached to an aromatic ring is 5. The second-order valence-electron chi connectivity index (χ2n) is 19.1. The third kappa shape index (κ3) is 19.2. The predicted octanol–water partition coefficient (Wildman–Crippen LogP) is 25.4. The summed E-state index contributed by atoms with van der Waals surface area (Å²) in [5.74, 6) is 0. The number of alkyl halides is 35. The lowest BCUT2D eigenvalue weighted by Crippen LogP contribution is -2.49. The standard InChI is InChI=1S/C12H12BrF6N.C11H10BrF6N.C9H4Br3F6N.C9H4BrCl2F6N.C9H4BrF6I2N/c1-3-7-5-8(4-6(2)9(7)20)10(14,11(13,15)16)12(17,18)19;1-5-3-7(4-6(2)8(5)19)9(13,10(12,14)15)11(16,17)18;10-4-1-3(2-5(11)6(4)19)7(13,8(12,14)15)9(16,17)18;10-8(14,15)7(13,9(16,17)18)3-1-4(11)6(19)5(12)2-3;10-8(12,13)7(11,9(14,15)16)3-1-4(17)6(19)5(18)2-3/h4-5H,3,20H2,1-2H3;3-4H,19H2,1-2H3;3*1-2H,19H2. The van der Waals surface area contributed by atoms with Crippen molar-refractivity contribution >= 4 is 208 Å². The van der Waals surface area contributed by atoms with Crippen LogP contribution in [-0.2, 0) is 34.8 Å². The summed E-state index contributed by atoms with van der Waals surface area (Å²) in [6.07, 6.45) is -28.9. The van der Waals surface area contributed by atoms with Gasteiger partial charge in [-0.2, -0.15) is 110 Å². The number of hydrogen-bond donors (Lipinski definition) is 5. The molecule has 0 radical (unpaired) electrons. The molecule has 5 aromatic rings. The predicted molar refractivity (Wildman–Crippen MR) is 342 cm³/mol. The molecule has 46 heteroatoms. The summed E-state index contributed by atoms with van der Waals surface area (Å²) in [6.45, 7) is 5.54. The van der Waals surface area contributed by atoms with E-state index >= 15 is 0 Å². The molecule has 96 heavy (non-hydrogen) atoms. The van der Waals surface area contributed by atoms with Crippen LogP contribution in [0.3, 0.4) is 0 Å². The molecular formula is C50H34Br7Cl2F30I2N5. The Morgan fingerprint density at radius 3 is 0.750 bits per heavy atom. The second kappa shape index (κ2) is 31.4. The van der Waals surface area contributed by atoms with E-state index in [4.69, 9.17) is 51.9 Å². The third-order valence-electron chi connectivity index (χ3n) is 12.6. The van der Waals surface area contributed by atoms with Gasteiger partial charge in [0.15, 0.2) is 0 Å². The van der Waals surface area contributed by atoms with Crippen LogP contribution in [0.15, 0.2) is 69.6 Å². The Morgan fingerprint density at radius 2 is 0.521 bits per heavy atom. The lowest BCUT2D eigenvalue weighted by Gasteiger charge is -2.32. The van der Waals surface area contributed by atoms with Crippen molar-refractivity contribution < 1.29 is 132 Å². The molecule has 0 fully saturated rings. The molecular weight excluding hydrogens is 2120 g/mol. The van der Waals surface area contributed by atoms with Crippen LogP contribution in [0.4, 0.5) is 160 Å². The van der Waals surface area contributed by atoms with Crippen LogP contribution in [0.5, 0.6) is 0 Å². The van der Waals surface area contributed by atoms with Crippen molar-refractivity contribution in [3.63, 3.8) is 0 Å². The molecule has 0 aliphatic carbocycles. The van der Waals surface area contributed by atoms with Gasteiger partial charge in [0.1, 0.15) is 0 Å². The molecule has 0 saturated carbocycles. The van der Waals surface area contributed by atoms with E-state index in [2.05, 4.69) is 31.9 Å². The maximum absolute atomic E-state index is 14.2. The number of aryl methyl sites for hydroxylation is 4. The lowest BCUT2D eigenvalue weighted by molar-refractivity contribution is -0.282. The molecule has 10 N–H and O–H groups in total. The molecule has 0 heterocycles. The quantitative estimate of drug-likeness (QED) is 0.0389. The van der Waals surface area contributed by atoms with Gasteiger partial charge >= 0.3 is 83.4 Å². The van der Waals surface area contributed by atoms with E-state index in [0.29, 0.717) is 54.6 Å². The number of hydrogen-bond acceptors (Lipinski definition) is 5. The molecule has 0 aromatic heterocycles. The molecule has 5 nitrogen and oxygen atoms in total. The molecule has 5 atom stereocenters. The van der Waals surface area contributed by atoms with Gasteiger partial charge in [-0.15, -0.1) is 0 Å². The normalized spacial score (nSPS) is 16.2. The van der Waals surface area contributed by atoms with E-state index in [0.717, 1.165) is 6.07 Å². The van der Waals surface area contributed by atoms with Crippen LogP contribution in [0.1, 0.15) is 57.0 Å². The Hall–Kier alpha value is -1.60. The zero-order chi connectivity index (χ0) is 76.8. The van der Waals surface area contributed by atoms with Gasteiger partial charge in [0.05, 0.1) is 27.1 Å². The molecule has 0 spiro atoms. The largest absolute Gasteiger partial charge is 0.433 e. The van der Waals surface area contributed by atoms with Crippen LogP contribution in [-0.4, -0.2) is 55.0 Å². The first kappa shape index (κ1) is 92.4. The molecule has 0 amide bonds. The number of anilines is 5. The van der Waals surface area contributed by atoms with E-state index in [1.54, 1.807) is 52.1 Å². The van der Waals surface area contributed by atoms with Crippen molar-refractivity contribution in [2.75, 3.05) is 28.7 Å². The highest BCUT2D eigenvalue weighted by Crippen LogP contribution is 2.61. The minimum atomic E-state index is -5.90. The highest BCUT2D eigenvalue weighted by molar-refractivity contribution is 14.1. The van der Waals surface area contributed by atoms with Crippen molar-refractivity contribution in [3.05, 3.63) is 137 Å². The summed E-state index contributed by atoms with van der Waals surface area (Å²) in [4.78, 5) is -24.2. The van der Waals surface area contributed by atoms with Gasteiger partial charge in [-0.3, -0.25) is 0 Å². The molecule has 0 aliphatic rings. The smallest absolute Gasteiger partial charge is 0.398 e. The summed E-state index contributed by atoms with van der Waals surface area (Å²) in [6, 6.07) is 5.89. The second-order valence-corrected chi connectivity index (χ2v) is 28.9. The number of nitrogens with two attached hydrogens (primary N) is 5. The highest BCUT2D eigenvalue weighted by Gasteiger charge is 2.75. The number of benzene rings is 5. The van der Waals surface area contributed by atoms with E-state index in [9.17, 15) is 132 Å². The number of halogens is 41. The van der Waals surface area contributed by atoms with Crippen LogP contribution in [0, 0.1) is 27.9 Å². The Kier molecular flexibility index (Phi) is 30.2. The minimum absolute atomic E-state index is 0.0360. The molecule has 546 valence electrons. The van der Waals surface area contributed by atoms with Gasteiger partial charge in [0.2, 0.25) is 0 Å². The Morgan fingerprint density at radius 1 is 0.312 bits per heavy atom. The van der Waals surface area contributed by atoms with Crippen molar-refractivity contribution in [1.29, 1.82) is 0 Å². The minimum Gasteiger partial charge on any atom is -0.398 e. The van der Waals surface area contributed by atoms with Crippen LogP contribution >= 0.6 is 180 Å². The van der Waals surface area contributed by atoms with Gasteiger partial charge in [0.25, 0.3) is 0 Å². The van der Waals surface area contributed by atoms with Crippen LogP contribution < -0.4 is 28.7 Å². The topological polar surface area (TPSA) is 130 Å². The first-order valence-corrected chi connectivity index (χ1v) is 32.2. The van der Waals surface area contributed by atoms with Crippen molar-refractivity contribution in [3.8, 4) is 0 Å². The van der Waals surface area contributed by atoms with E-state index in [-0.39, 0.29) is 73.2 Å². The van der Waals surface area contributed by atoms with E-state index in [1.807, 2.05) is 0 Å². The fourth-order valence-corrected chi connectivity index (χ4v) is 13.0. The average Bonchev–Trinajstić information content (AvgIpc) is 0.776. The Bertz CT molecular complexity index is 3040. The first-order chi connectivity index (χ1) is 42.1. The molecule has 0 aliphatic heterocycles. The molecule has 5 unspecified atom stereocenters. The van der Waals surface area contributed by atoms with Gasteiger partial charge in [-0.1, -0.05) is 48.3 Å². The van der Waals surface area contributed by atoms with Gasteiger partial charge < -0.3 is 28.7 Å². The zero-order valence-electron chi connectivity index (χ0n) is 46.4. The monoisotopic (exact) mass is 2150 g/mol. The maximum Gasteiger partial charge on any atom is 0.433 e. The summed E-state index contributed by atoms with van der Waals surface area (Å²) in [5.41, 5.74) is -2.89. The van der Waals surface area contributed by atoms with E-state index < -0.39 is 121 Å². The molecule has 0 bridgehead atoms. The molecule has 5 rings (SSSR count). The van der Waals surface area contributed by atoms with Crippen LogP contribution in [0.2, 0.25) is 10.0 Å². The number of rotatable bonds is 11. The lowest BCUT2D eigenvalue weighted by atomic mass is 9.90. The Balaban J connectivity index is 0.000000600. The Labute approximate surface area is 617 Å². The molecule has 5 aromatic carbocycles. The van der Waals surface area contributed by atoms with Gasteiger partial charge in [-0.25, -0.2) is 22.0 Å². The molecule has 0 saturated heterocycles. The van der Waals surface area contributed by atoms with Crippen LogP contribution in [0.25, 0.3) is 0 Å². The van der Waals surface area contributed by atoms with E-state index in [1.165, 1.54) is 100 Å². The van der Waals surface area contributed by atoms with Crippen molar-refractivity contribution in [1.82, 2.24) is 0 Å². The third-order valence-corrected chi connectivity index (χ3v) is 19.0. The summed E-state index contributed by atoms with van der Waals surface area (Å²) in [5, 5.41) is -1.13. The van der Waals surface area contributed by atoms with Gasteiger partial charge in [0, 0.05) is 55.3 Å². The van der Waals surface area contributed by atoms with Gasteiger partial charge in [-0.05, 0) is 249 Å². The van der Waals surface area contributed by atoms with Crippen molar-refractivity contribution in [2.24, 2.45) is 0 Å². The zero-order valence-corrected chi connectivity index (χ0v) is 63.3. The highest BCUT2D eigenvalue weighted by atomic mass is 127. The fraction of sp³-hybridized carbons (Fsp3) is 0.400. The average molecular weight is 2160 g/mol. The first-order valence-electron chi connectivity index (χ1n) is 23.8. The maximum atomic E-state index is 14.2. The SMILES string of the molecule is CCc1cc(C(F)(C(F)(F)F)C(F)(F)Br)cc(C)c1N.Cc1cc(C(F)(C(F)(F)F)C(F)(F)Br)cc(C)c1N.Nc1c(Br)cc(C(F)(C(F)(F)F)C(F)(F)Br)cc1Br.Nc1c(Cl)cc(C(F)(C(F)(F)F)C(F)(F)Br)cc1Cl.Nc1c(I)cc(C(F)(C(F)(F)F)C(F)(F)Br)cc1I. The summed E-state index contributed by atoms with van der Waals surface area (Å²) in [7, 11) is 0.